The molecule has 1 saturated heterocycles. The normalized spacial score (nSPS) is 27.3. The first-order chi connectivity index (χ1) is 5.00. The van der Waals surface area contributed by atoms with Crippen molar-refractivity contribution in [2.24, 2.45) is 11.3 Å². The fourth-order valence-electron chi connectivity index (χ4n) is 1.56. The Labute approximate surface area is 69.1 Å². The van der Waals surface area contributed by atoms with Gasteiger partial charge in [0.15, 0.2) is 0 Å². The quantitative estimate of drug-likeness (QED) is 0.539. The summed E-state index contributed by atoms with van der Waals surface area (Å²) in [5.41, 5.74) is 0.310. The largest absolute Gasteiger partial charge is 0.454 e. The van der Waals surface area contributed by atoms with Crippen LogP contribution in [-0.4, -0.2) is 18.7 Å². The van der Waals surface area contributed by atoms with Crippen LogP contribution in [0.1, 0.15) is 27.2 Å². The second kappa shape index (κ2) is 3.15. The SMILES string of the molecule is CC(C)(C)[C@H]1CCOB(O)C1. The molecule has 0 aromatic heterocycles. The van der Waals surface area contributed by atoms with E-state index in [0.717, 1.165) is 12.7 Å². The molecule has 3 heteroatoms. The van der Waals surface area contributed by atoms with E-state index >= 15 is 0 Å². The second-order valence-electron chi connectivity index (χ2n) is 4.41. The van der Waals surface area contributed by atoms with Gasteiger partial charge in [-0.3, -0.25) is 0 Å². The van der Waals surface area contributed by atoms with Crippen LogP contribution in [0, 0.1) is 11.3 Å². The predicted molar refractivity (Wildman–Crippen MR) is 46.3 cm³/mol. The average molecular weight is 156 g/mol. The summed E-state index contributed by atoms with van der Waals surface area (Å²) in [5, 5.41) is 9.22. The van der Waals surface area contributed by atoms with Crippen LogP contribution in [0.25, 0.3) is 0 Å². The van der Waals surface area contributed by atoms with Crippen LogP contribution in [0.3, 0.4) is 0 Å². The standard InChI is InChI=1S/C8H17BO2/c1-8(2,3)7-4-5-11-9(10)6-7/h7,10H,4-6H2,1-3H3/t7-/m0/s1. The van der Waals surface area contributed by atoms with Gasteiger partial charge in [-0.25, -0.2) is 0 Å². The first kappa shape index (κ1) is 9.08. The molecule has 1 heterocycles. The van der Waals surface area contributed by atoms with E-state index in [9.17, 15) is 5.02 Å². The van der Waals surface area contributed by atoms with Gasteiger partial charge < -0.3 is 9.68 Å². The van der Waals surface area contributed by atoms with Gasteiger partial charge in [0, 0.05) is 6.61 Å². The van der Waals surface area contributed by atoms with E-state index < -0.39 is 7.12 Å². The van der Waals surface area contributed by atoms with Crippen molar-refractivity contribution >= 4 is 7.12 Å². The summed E-state index contributed by atoms with van der Waals surface area (Å²) >= 11 is 0. The molecular formula is C8H17BO2. The van der Waals surface area contributed by atoms with E-state index in [1.54, 1.807) is 0 Å². The van der Waals surface area contributed by atoms with Gasteiger partial charge in [-0.15, -0.1) is 0 Å². The first-order valence-corrected chi connectivity index (χ1v) is 4.30. The van der Waals surface area contributed by atoms with Crippen molar-refractivity contribution in [3.05, 3.63) is 0 Å². The fourth-order valence-corrected chi connectivity index (χ4v) is 1.56. The molecule has 0 aliphatic carbocycles. The highest BCUT2D eigenvalue weighted by molar-refractivity contribution is 6.43. The molecule has 0 aromatic carbocycles. The summed E-state index contributed by atoms with van der Waals surface area (Å²) in [4.78, 5) is 0. The molecule has 1 aliphatic heterocycles. The van der Waals surface area contributed by atoms with Crippen LogP contribution < -0.4 is 0 Å². The van der Waals surface area contributed by atoms with Crippen molar-refractivity contribution in [1.82, 2.24) is 0 Å². The second-order valence-corrected chi connectivity index (χ2v) is 4.41. The number of hydrogen-bond acceptors (Lipinski definition) is 2. The Hall–Kier alpha value is -0.0151. The lowest BCUT2D eigenvalue weighted by atomic mass is 9.65. The first-order valence-electron chi connectivity index (χ1n) is 4.30. The maximum atomic E-state index is 9.22. The average Bonchev–Trinajstić information content (AvgIpc) is 1.86. The summed E-state index contributed by atoms with van der Waals surface area (Å²) in [7, 11) is -0.520. The molecule has 11 heavy (non-hydrogen) atoms. The molecule has 0 aromatic rings. The van der Waals surface area contributed by atoms with Crippen LogP contribution >= 0.6 is 0 Å². The Bertz CT molecular complexity index is 131. The maximum absolute atomic E-state index is 9.22. The molecule has 64 valence electrons. The van der Waals surface area contributed by atoms with Crippen LogP contribution in [0.2, 0.25) is 6.32 Å². The summed E-state index contributed by atoms with van der Waals surface area (Å²) < 4.78 is 5.06. The van der Waals surface area contributed by atoms with Gasteiger partial charge in [-0.2, -0.15) is 0 Å². The number of rotatable bonds is 0. The zero-order chi connectivity index (χ0) is 8.48. The Morgan fingerprint density at radius 2 is 2.09 bits per heavy atom. The van der Waals surface area contributed by atoms with E-state index in [1.807, 2.05) is 0 Å². The van der Waals surface area contributed by atoms with Crippen LogP contribution in [0.15, 0.2) is 0 Å². The molecule has 1 aliphatic rings. The molecule has 0 amide bonds. The summed E-state index contributed by atoms with van der Waals surface area (Å²) in [6, 6.07) is 0. The van der Waals surface area contributed by atoms with Crippen LogP contribution in [0.4, 0.5) is 0 Å². The van der Waals surface area contributed by atoms with Crippen molar-refractivity contribution in [3.8, 4) is 0 Å². The third-order valence-corrected chi connectivity index (χ3v) is 2.49. The Kier molecular flexibility index (Phi) is 2.60. The van der Waals surface area contributed by atoms with Gasteiger partial charge in [0.2, 0.25) is 0 Å². The Balaban J connectivity index is 2.46. The number of hydrogen-bond donors (Lipinski definition) is 1. The van der Waals surface area contributed by atoms with Gasteiger partial charge in [0.25, 0.3) is 0 Å². The van der Waals surface area contributed by atoms with Crippen molar-refractivity contribution in [2.45, 2.75) is 33.5 Å². The third kappa shape index (κ3) is 2.49. The minimum atomic E-state index is -0.520. The predicted octanol–water partition coefficient (Wildman–Crippen LogP) is 1.55. The summed E-state index contributed by atoms with van der Waals surface area (Å²) in [6.45, 7) is 7.37. The lowest BCUT2D eigenvalue weighted by Crippen LogP contribution is -2.34. The summed E-state index contributed by atoms with van der Waals surface area (Å²) in [5.74, 6) is 0.603. The highest BCUT2D eigenvalue weighted by Crippen LogP contribution is 2.34. The zero-order valence-electron chi connectivity index (χ0n) is 7.63. The van der Waals surface area contributed by atoms with Gasteiger partial charge in [0.05, 0.1) is 0 Å². The van der Waals surface area contributed by atoms with E-state index in [0.29, 0.717) is 17.9 Å². The highest BCUT2D eigenvalue weighted by atomic mass is 16.5. The van der Waals surface area contributed by atoms with Crippen molar-refractivity contribution in [1.29, 1.82) is 0 Å². The van der Waals surface area contributed by atoms with Gasteiger partial charge in [-0.1, -0.05) is 20.8 Å². The third-order valence-electron chi connectivity index (χ3n) is 2.49. The van der Waals surface area contributed by atoms with Gasteiger partial charge in [0.1, 0.15) is 0 Å². The van der Waals surface area contributed by atoms with Crippen molar-refractivity contribution < 1.29 is 9.68 Å². The van der Waals surface area contributed by atoms with Crippen LogP contribution in [-0.2, 0) is 4.65 Å². The lowest BCUT2D eigenvalue weighted by Gasteiger charge is -2.34. The molecule has 2 nitrogen and oxygen atoms in total. The van der Waals surface area contributed by atoms with Crippen molar-refractivity contribution in [2.75, 3.05) is 6.61 Å². The smallest absolute Gasteiger partial charge is 0.427 e. The van der Waals surface area contributed by atoms with Crippen LogP contribution in [0.5, 0.6) is 0 Å². The van der Waals surface area contributed by atoms with Gasteiger partial charge >= 0.3 is 7.12 Å². The van der Waals surface area contributed by atoms with E-state index in [-0.39, 0.29) is 0 Å². The maximum Gasteiger partial charge on any atom is 0.454 e. The van der Waals surface area contributed by atoms with E-state index in [4.69, 9.17) is 4.65 Å². The monoisotopic (exact) mass is 156 g/mol. The molecule has 0 unspecified atom stereocenters. The zero-order valence-corrected chi connectivity index (χ0v) is 7.63. The molecule has 1 fully saturated rings. The molecule has 0 bridgehead atoms. The molecular weight excluding hydrogens is 139 g/mol. The molecule has 0 saturated carbocycles. The topological polar surface area (TPSA) is 29.5 Å². The fraction of sp³-hybridized carbons (Fsp3) is 1.00. The van der Waals surface area contributed by atoms with Crippen molar-refractivity contribution in [3.63, 3.8) is 0 Å². The van der Waals surface area contributed by atoms with E-state index in [1.165, 1.54) is 0 Å². The Morgan fingerprint density at radius 1 is 1.45 bits per heavy atom. The minimum Gasteiger partial charge on any atom is -0.427 e. The lowest BCUT2D eigenvalue weighted by molar-refractivity contribution is 0.138. The highest BCUT2D eigenvalue weighted by Gasteiger charge is 2.32. The molecule has 1 N–H and O–H groups in total. The van der Waals surface area contributed by atoms with E-state index in [2.05, 4.69) is 20.8 Å². The molecule has 1 rings (SSSR count). The minimum absolute atomic E-state index is 0.310. The Morgan fingerprint density at radius 3 is 2.45 bits per heavy atom. The summed E-state index contributed by atoms with van der Waals surface area (Å²) in [6.07, 6.45) is 1.88. The molecule has 0 radical (unpaired) electrons. The molecule has 1 atom stereocenters. The van der Waals surface area contributed by atoms with Gasteiger partial charge in [-0.05, 0) is 24.1 Å². The molecule has 0 spiro atoms.